The first-order valence-corrected chi connectivity index (χ1v) is 12.9. The molecule has 0 radical (unpaired) electrons. The van der Waals surface area contributed by atoms with Crippen LogP contribution in [0.5, 0.6) is 5.75 Å². The van der Waals surface area contributed by atoms with Crippen molar-refractivity contribution in [1.29, 1.82) is 0 Å². The number of aryl methyl sites for hydroxylation is 5. The van der Waals surface area contributed by atoms with Crippen molar-refractivity contribution in [1.82, 2.24) is 14.9 Å². The third-order valence-electron chi connectivity index (χ3n) is 6.64. The molecule has 1 heterocycles. The highest BCUT2D eigenvalue weighted by molar-refractivity contribution is 5.95. The number of carbonyl (C=O) groups excluding carboxylic acids is 1. The number of benzene rings is 3. The number of fused-ring (bicyclic) bond motifs is 1. The molecule has 4 aromatic rings. The summed E-state index contributed by atoms with van der Waals surface area (Å²) in [6.07, 6.45) is 3.92. The molecule has 0 aliphatic carbocycles. The van der Waals surface area contributed by atoms with Gasteiger partial charge in [-0.2, -0.15) is 0 Å². The van der Waals surface area contributed by atoms with Crippen molar-refractivity contribution in [3.05, 3.63) is 94.3 Å². The van der Waals surface area contributed by atoms with Crippen LogP contribution in [0.25, 0.3) is 11.0 Å². The van der Waals surface area contributed by atoms with Crippen LogP contribution in [-0.4, -0.2) is 28.6 Å². The molecule has 3 aromatic carbocycles. The molecule has 0 atom stereocenters. The Balaban J connectivity index is 1.29. The Hall–Kier alpha value is -3.60. The Morgan fingerprint density at radius 3 is 2.50 bits per heavy atom. The molecule has 0 aliphatic rings. The maximum absolute atomic E-state index is 12.5. The number of nitrogens with one attached hydrogen (secondary N) is 1. The zero-order valence-electron chi connectivity index (χ0n) is 21.9. The third kappa shape index (κ3) is 6.34. The van der Waals surface area contributed by atoms with Crippen LogP contribution in [0.2, 0.25) is 0 Å². The van der Waals surface area contributed by atoms with Crippen molar-refractivity contribution in [2.75, 3.05) is 13.2 Å². The molecule has 5 nitrogen and oxygen atoms in total. The third-order valence-corrected chi connectivity index (χ3v) is 6.64. The second kappa shape index (κ2) is 11.9. The first-order valence-electron chi connectivity index (χ1n) is 12.9. The molecule has 1 aromatic heterocycles. The lowest BCUT2D eigenvalue weighted by atomic mass is 10.1. The summed E-state index contributed by atoms with van der Waals surface area (Å²) in [6, 6.07) is 20.6. The minimum atomic E-state index is 0.0122. The van der Waals surface area contributed by atoms with Crippen LogP contribution in [-0.2, 0) is 13.0 Å². The first-order chi connectivity index (χ1) is 17.4. The molecule has 1 N–H and O–H groups in total. The van der Waals surface area contributed by atoms with Gasteiger partial charge in [-0.3, -0.25) is 4.79 Å². The number of hydrogen-bond donors (Lipinski definition) is 1. The standard InChI is InChI=1S/C31H37N3O2/c1-22-14-16-26(25(4)20-22)31(35)32-17-9-5-6-12-30-33-27-10-7-8-11-28(27)34(30)18-19-36-29-21-23(2)13-15-24(29)3/h7-8,10-11,13-16,20-21H,5-6,9,12,17-19H2,1-4H3,(H,32,35). The van der Waals surface area contributed by atoms with E-state index in [0.717, 1.165) is 71.5 Å². The van der Waals surface area contributed by atoms with Gasteiger partial charge in [0.2, 0.25) is 0 Å². The van der Waals surface area contributed by atoms with Crippen LogP contribution in [0.3, 0.4) is 0 Å². The van der Waals surface area contributed by atoms with Gasteiger partial charge in [-0.25, -0.2) is 4.98 Å². The lowest BCUT2D eigenvalue weighted by Crippen LogP contribution is -2.25. The summed E-state index contributed by atoms with van der Waals surface area (Å²) in [6.45, 7) is 10.2. The quantitative estimate of drug-likeness (QED) is 0.248. The highest BCUT2D eigenvalue weighted by Gasteiger charge is 2.11. The predicted molar refractivity (Wildman–Crippen MR) is 147 cm³/mol. The highest BCUT2D eigenvalue weighted by Crippen LogP contribution is 2.21. The number of para-hydroxylation sites is 2. The fraction of sp³-hybridized carbons (Fsp3) is 0.355. The minimum absolute atomic E-state index is 0.0122. The number of hydrogen-bond acceptors (Lipinski definition) is 3. The molecule has 0 unspecified atom stereocenters. The van der Waals surface area contributed by atoms with E-state index in [4.69, 9.17) is 9.72 Å². The Morgan fingerprint density at radius 2 is 1.67 bits per heavy atom. The molecule has 0 fully saturated rings. The number of unbranched alkanes of at least 4 members (excludes halogenated alkanes) is 2. The summed E-state index contributed by atoms with van der Waals surface area (Å²) in [5, 5.41) is 3.07. The largest absolute Gasteiger partial charge is 0.491 e. The van der Waals surface area contributed by atoms with Crippen molar-refractivity contribution >= 4 is 16.9 Å². The molecule has 4 rings (SSSR count). The molecule has 188 valence electrons. The van der Waals surface area contributed by atoms with Crippen molar-refractivity contribution in [3.8, 4) is 5.75 Å². The Bertz CT molecular complexity index is 1340. The van der Waals surface area contributed by atoms with E-state index < -0.39 is 0 Å². The Morgan fingerprint density at radius 1 is 0.889 bits per heavy atom. The van der Waals surface area contributed by atoms with E-state index in [9.17, 15) is 4.79 Å². The van der Waals surface area contributed by atoms with Gasteiger partial charge in [0.15, 0.2) is 0 Å². The first kappa shape index (κ1) is 25.5. The van der Waals surface area contributed by atoms with Gasteiger partial charge in [0.05, 0.1) is 17.6 Å². The Labute approximate surface area is 214 Å². The summed E-state index contributed by atoms with van der Waals surface area (Å²) in [5.74, 6) is 2.06. The molecule has 5 heteroatoms. The molecule has 0 saturated heterocycles. The van der Waals surface area contributed by atoms with Gasteiger partial charge in [0.1, 0.15) is 18.2 Å². The fourth-order valence-corrected chi connectivity index (χ4v) is 4.63. The number of imidazole rings is 1. The van der Waals surface area contributed by atoms with E-state index in [0.29, 0.717) is 13.2 Å². The van der Waals surface area contributed by atoms with E-state index >= 15 is 0 Å². The van der Waals surface area contributed by atoms with E-state index in [1.54, 1.807) is 0 Å². The monoisotopic (exact) mass is 483 g/mol. The zero-order chi connectivity index (χ0) is 25.5. The van der Waals surface area contributed by atoms with Gasteiger partial charge >= 0.3 is 0 Å². The van der Waals surface area contributed by atoms with Crippen LogP contribution in [0, 0.1) is 27.7 Å². The number of ether oxygens (including phenoxy) is 1. The lowest BCUT2D eigenvalue weighted by Gasteiger charge is -2.13. The number of carbonyl (C=O) groups is 1. The maximum atomic E-state index is 12.5. The summed E-state index contributed by atoms with van der Waals surface area (Å²) in [7, 11) is 0. The molecule has 0 aliphatic heterocycles. The van der Waals surface area contributed by atoms with Gasteiger partial charge in [-0.15, -0.1) is 0 Å². The molecule has 0 bridgehead atoms. The van der Waals surface area contributed by atoms with Gasteiger partial charge in [-0.1, -0.05) is 48.4 Å². The molecule has 1 amide bonds. The normalized spacial score (nSPS) is 11.1. The fourth-order valence-electron chi connectivity index (χ4n) is 4.63. The predicted octanol–water partition coefficient (Wildman–Crippen LogP) is 6.49. The van der Waals surface area contributed by atoms with E-state index in [1.807, 2.05) is 38.1 Å². The zero-order valence-corrected chi connectivity index (χ0v) is 21.9. The van der Waals surface area contributed by atoms with Gasteiger partial charge in [0.25, 0.3) is 5.91 Å². The van der Waals surface area contributed by atoms with E-state index in [1.165, 1.54) is 11.1 Å². The average molecular weight is 484 g/mol. The van der Waals surface area contributed by atoms with Gasteiger partial charge < -0.3 is 14.6 Å². The van der Waals surface area contributed by atoms with Gasteiger partial charge in [0, 0.05) is 18.5 Å². The topological polar surface area (TPSA) is 56.2 Å². The minimum Gasteiger partial charge on any atom is -0.491 e. The van der Waals surface area contributed by atoms with E-state index in [2.05, 4.69) is 60.1 Å². The van der Waals surface area contributed by atoms with Crippen LogP contribution < -0.4 is 10.1 Å². The van der Waals surface area contributed by atoms with Crippen molar-refractivity contribution in [2.24, 2.45) is 0 Å². The Kier molecular flexibility index (Phi) is 8.42. The summed E-state index contributed by atoms with van der Waals surface area (Å²) < 4.78 is 8.43. The molecular formula is C31H37N3O2. The van der Waals surface area contributed by atoms with Crippen LogP contribution in [0.4, 0.5) is 0 Å². The lowest BCUT2D eigenvalue weighted by molar-refractivity contribution is 0.0952. The van der Waals surface area contributed by atoms with Crippen molar-refractivity contribution in [2.45, 2.75) is 59.9 Å². The second-order valence-corrected chi connectivity index (χ2v) is 9.67. The molecule has 0 saturated carbocycles. The second-order valence-electron chi connectivity index (χ2n) is 9.67. The van der Waals surface area contributed by atoms with Crippen LogP contribution in [0.15, 0.2) is 60.7 Å². The average Bonchev–Trinajstić information content (AvgIpc) is 3.20. The van der Waals surface area contributed by atoms with Crippen molar-refractivity contribution in [3.63, 3.8) is 0 Å². The van der Waals surface area contributed by atoms with E-state index in [-0.39, 0.29) is 5.91 Å². The number of rotatable bonds is 11. The highest BCUT2D eigenvalue weighted by atomic mass is 16.5. The maximum Gasteiger partial charge on any atom is 0.251 e. The summed E-state index contributed by atoms with van der Waals surface area (Å²) >= 11 is 0. The number of nitrogens with zero attached hydrogens (tertiary/aromatic N) is 2. The molecular weight excluding hydrogens is 446 g/mol. The summed E-state index contributed by atoms with van der Waals surface area (Å²) in [4.78, 5) is 17.4. The summed E-state index contributed by atoms with van der Waals surface area (Å²) in [5.41, 5.74) is 7.49. The number of aromatic nitrogens is 2. The number of amides is 1. The smallest absolute Gasteiger partial charge is 0.251 e. The van der Waals surface area contributed by atoms with Gasteiger partial charge in [-0.05, 0) is 81.5 Å². The SMILES string of the molecule is Cc1ccc(C(=O)NCCCCCc2nc3ccccc3n2CCOc2cc(C)ccc2C)c(C)c1. The molecule has 0 spiro atoms. The molecule has 36 heavy (non-hydrogen) atoms. The van der Waals surface area contributed by atoms with Crippen molar-refractivity contribution < 1.29 is 9.53 Å². The van der Waals surface area contributed by atoms with Crippen LogP contribution in [0.1, 0.15) is 57.7 Å². The van der Waals surface area contributed by atoms with Crippen LogP contribution >= 0.6 is 0 Å².